The fourth-order valence-electron chi connectivity index (χ4n) is 1.06. The molecule has 0 aliphatic carbocycles. The molecule has 1 aromatic carbocycles. The number of alkyl halides is 1. The van der Waals surface area contributed by atoms with Crippen LogP contribution in [0.5, 0.6) is 0 Å². The number of hydrogen-bond donors (Lipinski definition) is 2. The van der Waals surface area contributed by atoms with Crippen LogP contribution in [0.3, 0.4) is 0 Å². The molecular weight excluding hydrogens is 266 g/mol. The lowest BCUT2D eigenvalue weighted by atomic mass is 10.1. The quantitative estimate of drug-likeness (QED) is 0.642. The topological polar surface area (TPSA) is 61.1 Å². The number of rotatable bonds is 2. The molecule has 0 amide bonds. The summed E-state index contributed by atoms with van der Waals surface area (Å²) in [5.74, 6) is -1.01. The van der Waals surface area contributed by atoms with E-state index in [2.05, 4.69) is 28.6 Å². The molecule has 0 bridgehead atoms. The van der Waals surface area contributed by atoms with Crippen molar-refractivity contribution in [1.82, 2.24) is 0 Å². The van der Waals surface area contributed by atoms with Gasteiger partial charge in [0.2, 0.25) is 0 Å². The predicted molar refractivity (Wildman–Crippen MR) is 58.0 cm³/mol. The van der Waals surface area contributed by atoms with Crippen molar-refractivity contribution in [3.8, 4) is 6.07 Å². The molecule has 0 aliphatic rings. The minimum Gasteiger partial charge on any atom is -0.478 e. The van der Waals surface area contributed by atoms with Crippen LogP contribution in [0.15, 0.2) is 17.0 Å². The van der Waals surface area contributed by atoms with E-state index < -0.39 is 5.97 Å². The molecule has 0 saturated carbocycles. The summed E-state index contributed by atoms with van der Waals surface area (Å²) in [4.78, 5) is 11.2. The van der Waals surface area contributed by atoms with Crippen molar-refractivity contribution in [2.75, 3.05) is 0 Å². The Morgan fingerprint density at radius 2 is 2.29 bits per heavy atom. The van der Waals surface area contributed by atoms with Crippen LogP contribution in [0.25, 0.3) is 0 Å². The van der Waals surface area contributed by atoms with E-state index >= 15 is 0 Å². The molecule has 0 aromatic heterocycles. The Kier molecular flexibility index (Phi) is 3.55. The number of aromatic carboxylic acids is 1. The van der Waals surface area contributed by atoms with Crippen molar-refractivity contribution in [2.45, 2.75) is 10.2 Å². The lowest BCUT2D eigenvalue weighted by molar-refractivity contribution is 0.0695. The zero-order chi connectivity index (χ0) is 10.7. The third-order valence-electron chi connectivity index (χ3n) is 1.77. The van der Waals surface area contributed by atoms with Crippen LogP contribution < -0.4 is 0 Å². The molecule has 0 spiro atoms. The van der Waals surface area contributed by atoms with Gasteiger partial charge < -0.3 is 5.11 Å². The SMILES string of the molecule is N#Cc1ccc(C(=O)O)c(CBr)c1S. The molecule has 0 aliphatic heterocycles. The zero-order valence-electron chi connectivity index (χ0n) is 6.99. The van der Waals surface area contributed by atoms with Gasteiger partial charge in [-0.3, -0.25) is 0 Å². The van der Waals surface area contributed by atoms with Gasteiger partial charge in [-0.2, -0.15) is 5.26 Å². The molecule has 3 nitrogen and oxygen atoms in total. The highest BCUT2D eigenvalue weighted by Gasteiger charge is 2.14. The average Bonchev–Trinajstić information content (AvgIpc) is 2.17. The fourth-order valence-corrected chi connectivity index (χ4v) is 2.19. The molecule has 0 atom stereocenters. The van der Waals surface area contributed by atoms with Gasteiger partial charge in [-0.25, -0.2) is 4.79 Å². The lowest BCUT2D eigenvalue weighted by Gasteiger charge is -2.06. The number of carboxylic acid groups (broad SMARTS) is 1. The summed E-state index contributed by atoms with van der Waals surface area (Å²) in [6, 6.07) is 4.82. The van der Waals surface area contributed by atoms with Gasteiger partial charge in [0, 0.05) is 10.2 Å². The Hall–Kier alpha value is -0.990. The molecule has 72 valence electrons. The number of thiol groups is 1. The summed E-state index contributed by atoms with van der Waals surface area (Å²) in [6.45, 7) is 0. The van der Waals surface area contributed by atoms with E-state index in [0.29, 0.717) is 21.4 Å². The highest BCUT2D eigenvalue weighted by Crippen LogP contribution is 2.24. The molecular formula is C9H6BrNO2S. The van der Waals surface area contributed by atoms with Crippen molar-refractivity contribution in [3.05, 3.63) is 28.8 Å². The van der Waals surface area contributed by atoms with Crippen LogP contribution >= 0.6 is 28.6 Å². The molecule has 0 unspecified atom stereocenters. The normalized spacial score (nSPS) is 9.50. The van der Waals surface area contributed by atoms with Gasteiger partial charge in [-0.05, 0) is 17.7 Å². The summed E-state index contributed by atoms with van der Waals surface area (Å²) in [6.07, 6.45) is 0. The van der Waals surface area contributed by atoms with Gasteiger partial charge in [0.05, 0.1) is 11.1 Å². The lowest BCUT2D eigenvalue weighted by Crippen LogP contribution is -2.03. The molecule has 1 aromatic rings. The van der Waals surface area contributed by atoms with Crippen molar-refractivity contribution >= 4 is 34.5 Å². The average molecular weight is 272 g/mol. The minimum atomic E-state index is -1.01. The van der Waals surface area contributed by atoms with E-state index in [1.165, 1.54) is 12.1 Å². The van der Waals surface area contributed by atoms with Crippen LogP contribution in [0.1, 0.15) is 21.5 Å². The smallest absolute Gasteiger partial charge is 0.336 e. The van der Waals surface area contributed by atoms with Crippen LogP contribution in [0.2, 0.25) is 0 Å². The standard InChI is InChI=1S/C9H6BrNO2S/c10-3-7-6(9(12)13)2-1-5(4-11)8(7)14/h1-2,14H,3H2,(H,12,13). The van der Waals surface area contributed by atoms with Gasteiger partial charge in [-0.15, -0.1) is 12.6 Å². The number of carbonyl (C=O) groups is 1. The number of halogens is 1. The highest BCUT2D eigenvalue weighted by atomic mass is 79.9. The number of carboxylic acids is 1. The van der Waals surface area contributed by atoms with Gasteiger partial charge in [-0.1, -0.05) is 15.9 Å². The second-order valence-corrected chi connectivity index (χ2v) is 3.55. The predicted octanol–water partition coefficient (Wildman–Crippen LogP) is 2.44. The maximum Gasteiger partial charge on any atom is 0.336 e. The first kappa shape index (κ1) is 11.1. The van der Waals surface area contributed by atoms with Gasteiger partial charge in [0.15, 0.2) is 0 Å². The third kappa shape index (κ3) is 1.91. The van der Waals surface area contributed by atoms with Crippen molar-refractivity contribution in [3.63, 3.8) is 0 Å². The monoisotopic (exact) mass is 271 g/mol. The first-order chi connectivity index (χ1) is 6.61. The van der Waals surface area contributed by atoms with Crippen molar-refractivity contribution in [1.29, 1.82) is 5.26 Å². The summed E-state index contributed by atoms with van der Waals surface area (Å²) < 4.78 is 0. The molecule has 1 N–H and O–H groups in total. The largest absolute Gasteiger partial charge is 0.478 e. The molecule has 0 heterocycles. The van der Waals surface area contributed by atoms with Crippen molar-refractivity contribution < 1.29 is 9.90 Å². The molecule has 1 rings (SSSR count). The van der Waals surface area contributed by atoms with Crippen LogP contribution in [0, 0.1) is 11.3 Å². The number of benzene rings is 1. The van der Waals surface area contributed by atoms with Crippen LogP contribution in [0.4, 0.5) is 0 Å². The Labute approximate surface area is 94.9 Å². The number of nitriles is 1. The molecule has 0 radical (unpaired) electrons. The summed E-state index contributed by atoms with van der Waals surface area (Å²) in [5, 5.41) is 17.9. The Balaban J connectivity index is 3.45. The van der Waals surface area contributed by atoms with Gasteiger partial charge in [0.25, 0.3) is 0 Å². The first-order valence-corrected chi connectivity index (χ1v) is 5.23. The summed E-state index contributed by atoms with van der Waals surface area (Å²) in [5.41, 5.74) is 1.08. The highest BCUT2D eigenvalue weighted by molar-refractivity contribution is 9.08. The zero-order valence-corrected chi connectivity index (χ0v) is 9.47. The van der Waals surface area contributed by atoms with Crippen LogP contribution in [-0.4, -0.2) is 11.1 Å². The minimum absolute atomic E-state index is 0.172. The van der Waals surface area contributed by atoms with E-state index in [9.17, 15) is 4.79 Å². The van der Waals surface area contributed by atoms with E-state index in [1.54, 1.807) is 0 Å². The molecule has 14 heavy (non-hydrogen) atoms. The van der Waals surface area contributed by atoms with Gasteiger partial charge in [0.1, 0.15) is 6.07 Å². The molecule has 0 fully saturated rings. The molecule has 0 saturated heterocycles. The maximum absolute atomic E-state index is 10.8. The third-order valence-corrected chi connectivity index (χ3v) is 2.84. The van der Waals surface area contributed by atoms with Crippen LogP contribution in [-0.2, 0) is 5.33 Å². The maximum atomic E-state index is 10.8. The first-order valence-electron chi connectivity index (χ1n) is 3.66. The van der Waals surface area contributed by atoms with Gasteiger partial charge >= 0.3 is 5.97 Å². The Morgan fingerprint density at radius 3 is 2.71 bits per heavy atom. The Morgan fingerprint density at radius 1 is 1.64 bits per heavy atom. The van der Waals surface area contributed by atoms with E-state index in [4.69, 9.17) is 10.4 Å². The number of hydrogen-bond acceptors (Lipinski definition) is 3. The van der Waals surface area contributed by atoms with E-state index in [1.807, 2.05) is 6.07 Å². The van der Waals surface area contributed by atoms with E-state index in [0.717, 1.165) is 0 Å². The second kappa shape index (κ2) is 4.49. The van der Waals surface area contributed by atoms with E-state index in [-0.39, 0.29) is 5.56 Å². The number of nitrogens with zero attached hydrogens (tertiary/aromatic N) is 1. The van der Waals surface area contributed by atoms with Crippen molar-refractivity contribution in [2.24, 2.45) is 0 Å². The second-order valence-electron chi connectivity index (χ2n) is 2.54. The Bertz CT molecular complexity index is 426. The summed E-state index contributed by atoms with van der Waals surface area (Å²) >= 11 is 7.29. The molecule has 5 heteroatoms. The fraction of sp³-hybridized carbons (Fsp3) is 0.111. The summed E-state index contributed by atoms with van der Waals surface area (Å²) in [7, 11) is 0.